The molecule has 2 rings (SSSR count). The van der Waals surface area contributed by atoms with Crippen molar-refractivity contribution in [2.75, 3.05) is 13.1 Å². The zero-order valence-electron chi connectivity index (χ0n) is 9.47. The largest absolute Gasteiger partial charge is 0.316 e. The molecule has 0 amide bonds. The molecule has 16 heavy (non-hydrogen) atoms. The molecule has 1 aliphatic heterocycles. The van der Waals surface area contributed by atoms with E-state index in [0.717, 1.165) is 18.7 Å². The highest BCUT2D eigenvalue weighted by molar-refractivity contribution is 6.30. The summed E-state index contributed by atoms with van der Waals surface area (Å²) in [6.07, 6.45) is 2.43. The molecule has 0 aliphatic carbocycles. The lowest BCUT2D eigenvalue weighted by atomic mass is 9.83. The standard InChI is InChI=1S/C13H17ClFN/c1-9(11-3-2-6-16-8-11)10-4-5-12(14)13(15)7-10/h4-5,7,9,11,16H,2-3,6,8H2,1H3. The summed E-state index contributed by atoms with van der Waals surface area (Å²) >= 11 is 5.68. The molecule has 1 aliphatic rings. The minimum atomic E-state index is -0.310. The monoisotopic (exact) mass is 241 g/mol. The quantitative estimate of drug-likeness (QED) is 0.835. The van der Waals surface area contributed by atoms with Gasteiger partial charge < -0.3 is 5.32 Å². The van der Waals surface area contributed by atoms with Gasteiger partial charge in [0.15, 0.2) is 0 Å². The Balaban J connectivity index is 2.12. The van der Waals surface area contributed by atoms with Crippen LogP contribution >= 0.6 is 11.6 Å². The number of halogens is 2. The van der Waals surface area contributed by atoms with Gasteiger partial charge in [-0.15, -0.1) is 0 Å². The maximum atomic E-state index is 13.4. The molecule has 0 radical (unpaired) electrons. The summed E-state index contributed by atoms with van der Waals surface area (Å²) in [4.78, 5) is 0. The van der Waals surface area contributed by atoms with Gasteiger partial charge in [-0.2, -0.15) is 0 Å². The third-order valence-electron chi connectivity index (χ3n) is 3.51. The Morgan fingerprint density at radius 2 is 2.31 bits per heavy atom. The molecule has 0 bridgehead atoms. The molecule has 0 saturated carbocycles. The molecule has 2 unspecified atom stereocenters. The van der Waals surface area contributed by atoms with E-state index in [2.05, 4.69) is 12.2 Å². The van der Waals surface area contributed by atoms with Gasteiger partial charge in [0.25, 0.3) is 0 Å². The highest BCUT2D eigenvalue weighted by Crippen LogP contribution is 2.30. The van der Waals surface area contributed by atoms with Crippen molar-refractivity contribution in [1.29, 1.82) is 0 Å². The van der Waals surface area contributed by atoms with Crippen molar-refractivity contribution in [3.63, 3.8) is 0 Å². The van der Waals surface area contributed by atoms with E-state index in [1.807, 2.05) is 6.07 Å². The second-order valence-electron chi connectivity index (χ2n) is 4.57. The first-order valence-electron chi connectivity index (χ1n) is 5.84. The van der Waals surface area contributed by atoms with E-state index in [0.29, 0.717) is 11.8 Å². The molecule has 1 fully saturated rings. The second-order valence-corrected chi connectivity index (χ2v) is 4.98. The van der Waals surface area contributed by atoms with E-state index in [4.69, 9.17) is 11.6 Å². The molecule has 1 heterocycles. The fraction of sp³-hybridized carbons (Fsp3) is 0.538. The molecule has 1 nitrogen and oxygen atoms in total. The highest BCUT2D eigenvalue weighted by atomic mass is 35.5. The van der Waals surface area contributed by atoms with Gasteiger partial charge in [-0.05, 0) is 55.5 Å². The zero-order chi connectivity index (χ0) is 11.5. The van der Waals surface area contributed by atoms with Crippen LogP contribution < -0.4 is 5.32 Å². The molecule has 1 aromatic rings. The fourth-order valence-corrected chi connectivity index (χ4v) is 2.49. The summed E-state index contributed by atoms with van der Waals surface area (Å²) in [6, 6.07) is 5.16. The maximum absolute atomic E-state index is 13.4. The Morgan fingerprint density at radius 3 is 2.94 bits per heavy atom. The van der Waals surface area contributed by atoms with Crippen LogP contribution in [0.2, 0.25) is 5.02 Å². The number of hydrogen-bond donors (Lipinski definition) is 1. The van der Waals surface area contributed by atoms with Crippen LogP contribution in [-0.4, -0.2) is 13.1 Å². The topological polar surface area (TPSA) is 12.0 Å². The minimum Gasteiger partial charge on any atom is -0.316 e. The molecular weight excluding hydrogens is 225 g/mol. The van der Waals surface area contributed by atoms with Crippen LogP contribution in [0.1, 0.15) is 31.2 Å². The van der Waals surface area contributed by atoms with Crippen LogP contribution in [-0.2, 0) is 0 Å². The number of piperidine rings is 1. The Hall–Kier alpha value is -0.600. The summed E-state index contributed by atoms with van der Waals surface area (Å²) in [6.45, 7) is 4.31. The molecule has 88 valence electrons. The van der Waals surface area contributed by atoms with Gasteiger partial charge in [-0.3, -0.25) is 0 Å². The van der Waals surface area contributed by atoms with Crippen molar-refractivity contribution in [3.8, 4) is 0 Å². The van der Waals surface area contributed by atoms with E-state index in [9.17, 15) is 4.39 Å². The Labute approximate surface area is 101 Å². The SMILES string of the molecule is CC(c1ccc(Cl)c(F)c1)C1CCCNC1. The lowest BCUT2D eigenvalue weighted by molar-refractivity contribution is 0.334. The molecule has 1 aromatic carbocycles. The number of benzene rings is 1. The lowest BCUT2D eigenvalue weighted by Crippen LogP contribution is -2.32. The van der Waals surface area contributed by atoms with E-state index < -0.39 is 0 Å². The molecule has 3 heteroatoms. The maximum Gasteiger partial charge on any atom is 0.142 e. The lowest BCUT2D eigenvalue weighted by Gasteiger charge is -2.28. The zero-order valence-corrected chi connectivity index (χ0v) is 10.2. The number of rotatable bonds is 2. The summed E-state index contributed by atoms with van der Waals surface area (Å²) in [5, 5.41) is 3.60. The van der Waals surface area contributed by atoms with Crippen LogP contribution in [0.15, 0.2) is 18.2 Å². The van der Waals surface area contributed by atoms with Gasteiger partial charge >= 0.3 is 0 Å². The Bertz CT molecular complexity index is 361. The van der Waals surface area contributed by atoms with E-state index in [1.165, 1.54) is 12.8 Å². The van der Waals surface area contributed by atoms with Crippen molar-refractivity contribution in [2.24, 2.45) is 5.92 Å². The van der Waals surface area contributed by atoms with Crippen LogP contribution in [0.5, 0.6) is 0 Å². The average molecular weight is 242 g/mol. The normalized spacial score (nSPS) is 23.1. The van der Waals surface area contributed by atoms with Crippen LogP contribution in [0.25, 0.3) is 0 Å². The third kappa shape index (κ3) is 2.55. The fourth-order valence-electron chi connectivity index (χ4n) is 2.37. The van der Waals surface area contributed by atoms with E-state index >= 15 is 0 Å². The van der Waals surface area contributed by atoms with Crippen LogP contribution in [0.3, 0.4) is 0 Å². The molecule has 1 N–H and O–H groups in total. The van der Waals surface area contributed by atoms with Crippen LogP contribution in [0, 0.1) is 11.7 Å². The summed E-state index contributed by atoms with van der Waals surface area (Å²) in [5.74, 6) is 0.684. The van der Waals surface area contributed by atoms with Crippen molar-refractivity contribution in [3.05, 3.63) is 34.6 Å². The predicted molar refractivity (Wildman–Crippen MR) is 65.4 cm³/mol. The summed E-state index contributed by atoms with van der Waals surface area (Å²) in [7, 11) is 0. The summed E-state index contributed by atoms with van der Waals surface area (Å²) < 4.78 is 13.4. The minimum absolute atomic E-state index is 0.206. The van der Waals surface area contributed by atoms with Crippen LogP contribution in [0.4, 0.5) is 4.39 Å². The predicted octanol–water partition coefficient (Wildman–Crippen LogP) is 3.58. The molecular formula is C13H17ClFN. The molecule has 2 atom stereocenters. The van der Waals surface area contributed by atoms with Gasteiger partial charge in [0.05, 0.1) is 5.02 Å². The second kappa shape index (κ2) is 5.15. The van der Waals surface area contributed by atoms with Crippen molar-refractivity contribution in [1.82, 2.24) is 5.32 Å². The third-order valence-corrected chi connectivity index (χ3v) is 3.82. The first-order chi connectivity index (χ1) is 7.68. The van der Waals surface area contributed by atoms with Gasteiger partial charge in [-0.1, -0.05) is 24.6 Å². The first-order valence-corrected chi connectivity index (χ1v) is 6.22. The molecule has 1 saturated heterocycles. The summed E-state index contributed by atoms with van der Waals surface area (Å²) in [5.41, 5.74) is 1.05. The van der Waals surface area contributed by atoms with Crippen molar-refractivity contribution >= 4 is 11.6 Å². The van der Waals surface area contributed by atoms with Gasteiger partial charge in [-0.25, -0.2) is 4.39 Å². The molecule has 0 aromatic heterocycles. The Morgan fingerprint density at radius 1 is 1.50 bits per heavy atom. The van der Waals surface area contributed by atoms with Gasteiger partial charge in [0.1, 0.15) is 5.82 Å². The Kier molecular flexibility index (Phi) is 3.82. The van der Waals surface area contributed by atoms with Crippen molar-refractivity contribution in [2.45, 2.75) is 25.7 Å². The van der Waals surface area contributed by atoms with E-state index in [1.54, 1.807) is 12.1 Å². The molecule has 0 spiro atoms. The number of nitrogens with one attached hydrogen (secondary N) is 1. The van der Waals surface area contributed by atoms with E-state index in [-0.39, 0.29) is 10.8 Å². The average Bonchev–Trinajstić information content (AvgIpc) is 2.33. The smallest absolute Gasteiger partial charge is 0.142 e. The van der Waals surface area contributed by atoms with Gasteiger partial charge in [0, 0.05) is 0 Å². The van der Waals surface area contributed by atoms with Gasteiger partial charge in [0.2, 0.25) is 0 Å². The number of hydrogen-bond acceptors (Lipinski definition) is 1. The first kappa shape index (κ1) is 11.9. The highest BCUT2D eigenvalue weighted by Gasteiger charge is 2.21. The van der Waals surface area contributed by atoms with Crippen molar-refractivity contribution < 1.29 is 4.39 Å².